The lowest BCUT2D eigenvalue weighted by molar-refractivity contribution is 0.0476. The second-order valence-electron chi connectivity index (χ2n) is 4.76. The van der Waals surface area contributed by atoms with Gasteiger partial charge in [-0.1, -0.05) is 18.2 Å². The minimum absolute atomic E-state index is 0.0101. The number of rotatable bonds is 4. The highest BCUT2D eigenvalue weighted by atomic mass is 16.5. The third-order valence-electron chi connectivity index (χ3n) is 3.32. The van der Waals surface area contributed by atoms with Crippen molar-refractivity contribution in [3.8, 4) is 5.75 Å². The minimum atomic E-state index is -0.742. The lowest BCUT2D eigenvalue weighted by Gasteiger charge is -2.14. The summed E-state index contributed by atoms with van der Waals surface area (Å²) >= 11 is 0. The van der Waals surface area contributed by atoms with Crippen LogP contribution >= 0.6 is 0 Å². The van der Waals surface area contributed by atoms with E-state index < -0.39 is 11.9 Å². The van der Waals surface area contributed by atoms with E-state index in [1.165, 1.54) is 0 Å². The van der Waals surface area contributed by atoms with Crippen molar-refractivity contribution >= 4 is 22.7 Å². The van der Waals surface area contributed by atoms with Crippen molar-refractivity contribution in [3.63, 3.8) is 0 Å². The van der Waals surface area contributed by atoms with Crippen molar-refractivity contribution in [1.82, 2.24) is 0 Å². The number of benzene rings is 2. The van der Waals surface area contributed by atoms with Crippen molar-refractivity contribution in [1.29, 1.82) is 0 Å². The summed E-state index contributed by atoms with van der Waals surface area (Å²) in [6.07, 6.45) is 0. The van der Waals surface area contributed by atoms with Crippen LogP contribution in [0.1, 0.15) is 40.1 Å². The van der Waals surface area contributed by atoms with Gasteiger partial charge in [-0.2, -0.15) is 0 Å². The summed E-state index contributed by atoms with van der Waals surface area (Å²) in [6.45, 7) is 5.47. The normalized spacial score (nSPS) is 10.5. The van der Waals surface area contributed by atoms with E-state index in [0.29, 0.717) is 10.8 Å². The van der Waals surface area contributed by atoms with Gasteiger partial charge in [-0.25, -0.2) is 9.59 Å². The Morgan fingerprint density at radius 3 is 2.36 bits per heavy atom. The quantitative estimate of drug-likeness (QED) is 0.878. The molecule has 5 nitrogen and oxygen atoms in total. The van der Waals surface area contributed by atoms with E-state index in [4.69, 9.17) is 9.47 Å². The second-order valence-corrected chi connectivity index (χ2v) is 4.76. The molecule has 2 rings (SSSR count). The first-order valence-corrected chi connectivity index (χ1v) is 7.10. The van der Waals surface area contributed by atoms with E-state index in [0.717, 1.165) is 5.56 Å². The van der Waals surface area contributed by atoms with Crippen LogP contribution < -0.4 is 0 Å². The van der Waals surface area contributed by atoms with Crippen molar-refractivity contribution < 1.29 is 24.2 Å². The van der Waals surface area contributed by atoms with Crippen LogP contribution in [0.15, 0.2) is 24.3 Å². The average molecular weight is 302 g/mol. The topological polar surface area (TPSA) is 72.8 Å². The van der Waals surface area contributed by atoms with Crippen molar-refractivity contribution in [2.24, 2.45) is 0 Å². The van der Waals surface area contributed by atoms with Gasteiger partial charge in [-0.05, 0) is 37.8 Å². The van der Waals surface area contributed by atoms with Gasteiger partial charge >= 0.3 is 11.9 Å². The average Bonchev–Trinajstić information content (AvgIpc) is 2.47. The van der Waals surface area contributed by atoms with Gasteiger partial charge in [0.15, 0.2) is 0 Å². The molecule has 0 aliphatic heterocycles. The van der Waals surface area contributed by atoms with E-state index in [2.05, 4.69) is 0 Å². The maximum Gasteiger partial charge on any atom is 0.342 e. The number of aromatic hydroxyl groups is 1. The van der Waals surface area contributed by atoms with Gasteiger partial charge in [0, 0.05) is 5.39 Å². The number of carbonyl (C=O) groups excluding carboxylic acids is 2. The van der Waals surface area contributed by atoms with Gasteiger partial charge < -0.3 is 14.6 Å². The monoisotopic (exact) mass is 302 g/mol. The predicted octanol–water partition coefficient (Wildman–Crippen LogP) is 3.21. The molecule has 2 aromatic carbocycles. The summed E-state index contributed by atoms with van der Waals surface area (Å²) in [5, 5.41) is 11.7. The summed E-state index contributed by atoms with van der Waals surface area (Å²) < 4.78 is 9.93. The molecule has 0 saturated heterocycles. The number of ether oxygens (including phenoxy) is 2. The molecule has 0 aliphatic carbocycles. The fourth-order valence-electron chi connectivity index (χ4n) is 2.39. The molecular weight excluding hydrogens is 284 g/mol. The number of aryl methyl sites for hydroxylation is 1. The SMILES string of the molecule is CCOC(=O)c1cc2cccc(C)c2c(O)c1C(=O)OCC. The maximum atomic E-state index is 12.2. The Balaban J connectivity index is 2.78. The largest absolute Gasteiger partial charge is 0.506 e. The van der Waals surface area contributed by atoms with Crippen LogP contribution in [0.2, 0.25) is 0 Å². The molecule has 0 saturated carbocycles. The minimum Gasteiger partial charge on any atom is -0.506 e. The first-order chi connectivity index (χ1) is 10.5. The Kier molecular flexibility index (Phi) is 4.65. The highest BCUT2D eigenvalue weighted by Gasteiger charge is 2.26. The highest BCUT2D eigenvalue weighted by molar-refractivity contribution is 6.11. The molecule has 116 valence electrons. The lowest BCUT2D eigenvalue weighted by atomic mass is 9.96. The maximum absolute atomic E-state index is 12.2. The number of esters is 2. The third kappa shape index (κ3) is 2.74. The van der Waals surface area contributed by atoms with Gasteiger partial charge in [-0.3, -0.25) is 0 Å². The van der Waals surface area contributed by atoms with Crippen molar-refractivity contribution in [2.45, 2.75) is 20.8 Å². The van der Waals surface area contributed by atoms with Crippen LogP contribution in [0.4, 0.5) is 0 Å². The summed E-state index contributed by atoms with van der Waals surface area (Å²) in [5.74, 6) is -1.66. The van der Waals surface area contributed by atoms with Crippen molar-refractivity contribution in [3.05, 3.63) is 41.0 Å². The Morgan fingerprint density at radius 2 is 1.73 bits per heavy atom. The Bertz CT molecular complexity index is 733. The molecule has 0 bridgehead atoms. The lowest BCUT2D eigenvalue weighted by Crippen LogP contribution is -2.14. The van der Waals surface area contributed by atoms with E-state index in [9.17, 15) is 14.7 Å². The van der Waals surface area contributed by atoms with Crippen LogP contribution in [0.5, 0.6) is 5.75 Å². The molecule has 0 amide bonds. The molecule has 0 fully saturated rings. The van der Waals surface area contributed by atoms with Gasteiger partial charge in [0.1, 0.15) is 11.3 Å². The molecule has 1 N–H and O–H groups in total. The zero-order valence-corrected chi connectivity index (χ0v) is 12.8. The van der Waals surface area contributed by atoms with E-state index in [1.807, 2.05) is 19.1 Å². The molecular formula is C17H18O5. The van der Waals surface area contributed by atoms with E-state index in [-0.39, 0.29) is 30.1 Å². The van der Waals surface area contributed by atoms with Crippen molar-refractivity contribution in [2.75, 3.05) is 13.2 Å². The van der Waals surface area contributed by atoms with Crippen LogP contribution in [-0.4, -0.2) is 30.3 Å². The Morgan fingerprint density at radius 1 is 1.09 bits per heavy atom. The number of phenols is 1. The second kappa shape index (κ2) is 6.47. The summed E-state index contributed by atoms with van der Waals surface area (Å²) in [7, 11) is 0. The van der Waals surface area contributed by atoms with Gasteiger partial charge in [0.25, 0.3) is 0 Å². The van der Waals surface area contributed by atoms with Crippen LogP contribution in [-0.2, 0) is 9.47 Å². The van der Waals surface area contributed by atoms with E-state index in [1.54, 1.807) is 26.0 Å². The molecule has 5 heteroatoms. The fraction of sp³-hybridized carbons (Fsp3) is 0.294. The summed E-state index contributed by atoms with van der Waals surface area (Å²) in [4.78, 5) is 24.3. The van der Waals surface area contributed by atoms with Crippen LogP contribution in [0, 0.1) is 6.92 Å². The van der Waals surface area contributed by atoms with Gasteiger partial charge in [0.2, 0.25) is 0 Å². The zero-order chi connectivity index (χ0) is 16.3. The van der Waals surface area contributed by atoms with Crippen LogP contribution in [0.3, 0.4) is 0 Å². The first kappa shape index (κ1) is 15.8. The first-order valence-electron chi connectivity index (χ1n) is 7.10. The number of carbonyl (C=O) groups is 2. The number of hydrogen-bond donors (Lipinski definition) is 1. The number of fused-ring (bicyclic) bond motifs is 1. The molecule has 2 aromatic rings. The zero-order valence-electron chi connectivity index (χ0n) is 12.8. The molecule has 0 spiro atoms. The fourth-order valence-corrected chi connectivity index (χ4v) is 2.39. The molecule has 22 heavy (non-hydrogen) atoms. The predicted molar refractivity (Wildman–Crippen MR) is 82.3 cm³/mol. The summed E-state index contributed by atoms with van der Waals surface area (Å²) in [5.41, 5.74) is 0.661. The Hall–Kier alpha value is -2.56. The smallest absolute Gasteiger partial charge is 0.342 e. The highest BCUT2D eigenvalue weighted by Crippen LogP contribution is 2.35. The van der Waals surface area contributed by atoms with Gasteiger partial charge in [-0.15, -0.1) is 0 Å². The molecule has 0 atom stereocenters. The molecule has 0 unspecified atom stereocenters. The standard InChI is InChI=1S/C17H18O5/c1-4-21-16(19)12-9-11-8-6-7-10(3)13(11)15(18)14(12)17(20)22-5-2/h6-9,18H,4-5H2,1-3H3. The molecule has 0 aromatic heterocycles. The molecule has 0 heterocycles. The van der Waals surface area contributed by atoms with Crippen LogP contribution in [0.25, 0.3) is 10.8 Å². The van der Waals surface area contributed by atoms with E-state index >= 15 is 0 Å². The number of hydrogen-bond acceptors (Lipinski definition) is 5. The Labute approximate surface area is 128 Å². The summed E-state index contributed by atoms with van der Waals surface area (Å²) in [6, 6.07) is 6.95. The molecule has 0 aliphatic rings. The molecule has 0 radical (unpaired) electrons. The van der Waals surface area contributed by atoms with Gasteiger partial charge in [0.05, 0.1) is 18.8 Å². The number of phenolic OH excluding ortho intramolecular Hbond substituents is 1. The third-order valence-corrected chi connectivity index (χ3v) is 3.32.